The molecule has 1 heteroatoms. The molecule has 0 aromatic heterocycles. The van der Waals surface area contributed by atoms with Crippen molar-refractivity contribution < 1.29 is 0 Å². The third kappa shape index (κ3) is 8.92. The first-order valence-corrected chi connectivity index (χ1v) is 6.93. The summed E-state index contributed by atoms with van der Waals surface area (Å²) in [6.07, 6.45) is 8.47. The van der Waals surface area contributed by atoms with Gasteiger partial charge in [0.05, 0.1) is 0 Å². The lowest BCUT2D eigenvalue weighted by molar-refractivity contribution is 0.331. The number of hydrogen-bond acceptors (Lipinski definition) is 1. The van der Waals surface area contributed by atoms with Gasteiger partial charge in [-0.2, -0.15) is 0 Å². The van der Waals surface area contributed by atoms with Gasteiger partial charge in [0.1, 0.15) is 0 Å². The molecule has 0 fully saturated rings. The van der Waals surface area contributed by atoms with Gasteiger partial charge in [-0.1, -0.05) is 59.8 Å². The van der Waals surface area contributed by atoms with Crippen molar-refractivity contribution >= 4 is 0 Å². The largest absolute Gasteiger partial charge is 0.317 e. The monoisotopic (exact) mass is 213 g/mol. The van der Waals surface area contributed by atoms with Crippen LogP contribution in [0.1, 0.15) is 66.2 Å². The van der Waals surface area contributed by atoms with E-state index >= 15 is 0 Å². The summed E-state index contributed by atoms with van der Waals surface area (Å²) in [5.41, 5.74) is 0. The number of unbranched alkanes of at least 4 members (excludes halogenated alkanes) is 4. The summed E-state index contributed by atoms with van der Waals surface area (Å²) < 4.78 is 0. The average Bonchev–Trinajstić information content (AvgIpc) is 2.21. The van der Waals surface area contributed by atoms with E-state index < -0.39 is 0 Å². The lowest BCUT2D eigenvalue weighted by Gasteiger charge is -2.21. The van der Waals surface area contributed by atoms with Crippen molar-refractivity contribution in [2.45, 2.75) is 66.2 Å². The smallest absolute Gasteiger partial charge is 0.00182 e. The Morgan fingerprint density at radius 1 is 0.933 bits per heavy atom. The SMILES string of the molecule is CCCCCCCC(CNCC)C(C)C. The molecule has 0 aliphatic heterocycles. The molecule has 1 N–H and O–H groups in total. The van der Waals surface area contributed by atoms with E-state index in [1.807, 2.05) is 0 Å². The molecule has 1 nitrogen and oxygen atoms in total. The van der Waals surface area contributed by atoms with Gasteiger partial charge < -0.3 is 5.32 Å². The number of rotatable bonds is 10. The van der Waals surface area contributed by atoms with Gasteiger partial charge in [-0.3, -0.25) is 0 Å². The van der Waals surface area contributed by atoms with Gasteiger partial charge >= 0.3 is 0 Å². The van der Waals surface area contributed by atoms with E-state index in [-0.39, 0.29) is 0 Å². The Kier molecular flexibility index (Phi) is 10.4. The zero-order chi connectivity index (χ0) is 11.5. The molecule has 0 aromatic carbocycles. The second-order valence-electron chi connectivity index (χ2n) is 5.01. The van der Waals surface area contributed by atoms with Crippen LogP contribution in [-0.4, -0.2) is 13.1 Å². The molecule has 0 saturated carbocycles. The maximum absolute atomic E-state index is 3.48. The Bertz CT molecular complexity index is 121. The second kappa shape index (κ2) is 10.5. The number of nitrogens with one attached hydrogen (secondary N) is 1. The van der Waals surface area contributed by atoms with E-state index in [0.29, 0.717) is 0 Å². The van der Waals surface area contributed by atoms with E-state index in [4.69, 9.17) is 0 Å². The van der Waals surface area contributed by atoms with Crippen LogP contribution in [0.25, 0.3) is 0 Å². The zero-order valence-electron chi connectivity index (χ0n) is 11.3. The quantitative estimate of drug-likeness (QED) is 0.536. The Hall–Kier alpha value is -0.0400. The van der Waals surface area contributed by atoms with Crippen LogP contribution in [0, 0.1) is 11.8 Å². The average molecular weight is 213 g/mol. The minimum Gasteiger partial charge on any atom is -0.317 e. The first-order valence-electron chi connectivity index (χ1n) is 6.93. The molecule has 0 heterocycles. The van der Waals surface area contributed by atoms with Crippen LogP contribution in [0.3, 0.4) is 0 Å². The third-order valence-corrected chi connectivity index (χ3v) is 3.28. The zero-order valence-corrected chi connectivity index (χ0v) is 11.3. The molecule has 0 aliphatic rings. The van der Waals surface area contributed by atoms with Gasteiger partial charge in [0, 0.05) is 0 Å². The Morgan fingerprint density at radius 3 is 2.13 bits per heavy atom. The van der Waals surface area contributed by atoms with Crippen molar-refractivity contribution in [1.82, 2.24) is 5.32 Å². The summed E-state index contributed by atoms with van der Waals surface area (Å²) in [7, 11) is 0. The van der Waals surface area contributed by atoms with Crippen molar-refractivity contribution in [2.24, 2.45) is 11.8 Å². The Labute approximate surface area is 97.0 Å². The fraction of sp³-hybridized carbons (Fsp3) is 1.00. The molecule has 0 saturated heterocycles. The highest BCUT2D eigenvalue weighted by atomic mass is 14.8. The molecule has 92 valence electrons. The van der Waals surface area contributed by atoms with Crippen LogP contribution >= 0.6 is 0 Å². The Morgan fingerprint density at radius 2 is 1.60 bits per heavy atom. The molecule has 0 aromatic rings. The van der Waals surface area contributed by atoms with E-state index in [2.05, 4.69) is 33.0 Å². The fourth-order valence-corrected chi connectivity index (χ4v) is 2.01. The van der Waals surface area contributed by atoms with Crippen LogP contribution in [0.4, 0.5) is 0 Å². The molecular weight excluding hydrogens is 182 g/mol. The van der Waals surface area contributed by atoms with E-state index in [0.717, 1.165) is 18.4 Å². The maximum Gasteiger partial charge on any atom is -0.00182 e. The normalized spacial score (nSPS) is 13.4. The van der Waals surface area contributed by atoms with Gasteiger partial charge in [-0.25, -0.2) is 0 Å². The molecule has 0 aliphatic carbocycles. The minimum absolute atomic E-state index is 0.829. The highest BCUT2D eigenvalue weighted by molar-refractivity contribution is 4.65. The lowest BCUT2D eigenvalue weighted by atomic mass is 9.90. The van der Waals surface area contributed by atoms with Gasteiger partial charge in [0.15, 0.2) is 0 Å². The lowest BCUT2D eigenvalue weighted by Crippen LogP contribution is -2.26. The first kappa shape index (κ1) is 15.0. The Balaban J connectivity index is 3.48. The molecule has 0 bridgehead atoms. The predicted octanol–water partition coefficient (Wildman–Crippen LogP) is 4.23. The molecule has 15 heavy (non-hydrogen) atoms. The van der Waals surface area contributed by atoms with E-state index in [9.17, 15) is 0 Å². The van der Waals surface area contributed by atoms with E-state index in [1.54, 1.807) is 0 Å². The number of hydrogen-bond donors (Lipinski definition) is 1. The standard InChI is InChI=1S/C14H31N/c1-5-7-8-9-10-11-14(13(3)4)12-15-6-2/h13-15H,5-12H2,1-4H3. The second-order valence-corrected chi connectivity index (χ2v) is 5.01. The highest BCUT2D eigenvalue weighted by Crippen LogP contribution is 2.18. The van der Waals surface area contributed by atoms with Crippen LogP contribution in [0.15, 0.2) is 0 Å². The molecule has 0 amide bonds. The van der Waals surface area contributed by atoms with Crippen molar-refractivity contribution in [3.05, 3.63) is 0 Å². The van der Waals surface area contributed by atoms with Gasteiger partial charge in [0.25, 0.3) is 0 Å². The molecule has 1 atom stereocenters. The van der Waals surface area contributed by atoms with Crippen molar-refractivity contribution in [3.63, 3.8) is 0 Å². The summed E-state index contributed by atoms with van der Waals surface area (Å²) >= 11 is 0. The maximum atomic E-state index is 3.48. The molecule has 0 rings (SSSR count). The fourth-order valence-electron chi connectivity index (χ4n) is 2.01. The van der Waals surface area contributed by atoms with Crippen LogP contribution in [0.5, 0.6) is 0 Å². The summed E-state index contributed by atoms with van der Waals surface area (Å²) in [6.45, 7) is 11.5. The van der Waals surface area contributed by atoms with Gasteiger partial charge in [-0.15, -0.1) is 0 Å². The molecular formula is C14H31N. The summed E-state index contributed by atoms with van der Waals surface area (Å²) in [4.78, 5) is 0. The summed E-state index contributed by atoms with van der Waals surface area (Å²) in [5.74, 6) is 1.71. The molecule has 0 spiro atoms. The minimum atomic E-state index is 0.829. The van der Waals surface area contributed by atoms with Gasteiger partial charge in [-0.05, 0) is 31.3 Å². The van der Waals surface area contributed by atoms with Gasteiger partial charge in [0.2, 0.25) is 0 Å². The van der Waals surface area contributed by atoms with Crippen LogP contribution in [0.2, 0.25) is 0 Å². The third-order valence-electron chi connectivity index (χ3n) is 3.28. The highest BCUT2D eigenvalue weighted by Gasteiger charge is 2.11. The van der Waals surface area contributed by atoms with Crippen molar-refractivity contribution in [3.8, 4) is 0 Å². The molecule has 0 radical (unpaired) electrons. The first-order chi connectivity index (χ1) is 7.22. The molecule has 1 unspecified atom stereocenters. The summed E-state index contributed by atoms with van der Waals surface area (Å²) in [6, 6.07) is 0. The topological polar surface area (TPSA) is 12.0 Å². The predicted molar refractivity (Wildman–Crippen MR) is 70.2 cm³/mol. The van der Waals surface area contributed by atoms with Crippen LogP contribution < -0.4 is 5.32 Å². The van der Waals surface area contributed by atoms with Crippen molar-refractivity contribution in [1.29, 1.82) is 0 Å². The van der Waals surface area contributed by atoms with E-state index in [1.165, 1.54) is 45.1 Å². The van der Waals surface area contributed by atoms with Crippen molar-refractivity contribution in [2.75, 3.05) is 13.1 Å². The van der Waals surface area contributed by atoms with Crippen LogP contribution in [-0.2, 0) is 0 Å². The summed E-state index contributed by atoms with van der Waals surface area (Å²) in [5, 5.41) is 3.48.